The average molecular weight is 632 g/mol. The van der Waals surface area contributed by atoms with Crippen molar-refractivity contribution in [1.29, 1.82) is 0 Å². The summed E-state index contributed by atoms with van der Waals surface area (Å²) in [5.74, 6) is -1.56. The van der Waals surface area contributed by atoms with Gasteiger partial charge in [0, 0.05) is 11.6 Å². The van der Waals surface area contributed by atoms with Crippen LogP contribution in [0.15, 0.2) is 48.5 Å². The van der Waals surface area contributed by atoms with Crippen molar-refractivity contribution in [1.82, 2.24) is 4.90 Å². The van der Waals surface area contributed by atoms with Gasteiger partial charge in [0.05, 0.1) is 19.2 Å². The van der Waals surface area contributed by atoms with Gasteiger partial charge in [0.25, 0.3) is 0 Å². The Balaban J connectivity index is 1.69. The minimum absolute atomic E-state index is 0.0995. The fourth-order valence-corrected chi connectivity index (χ4v) is 4.56. The first-order valence-electron chi connectivity index (χ1n) is 14.5. The van der Waals surface area contributed by atoms with Gasteiger partial charge in [-0.1, -0.05) is 37.6 Å². The first kappa shape index (κ1) is 35.6. The van der Waals surface area contributed by atoms with E-state index in [0.29, 0.717) is 17.5 Å². The van der Waals surface area contributed by atoms with Crippen molar-refractivity contribution in [2.45, 2.75) is 63.0 Å². The van der Waals surface area contributed by atoms with Gasteiger partial charge < -0.3 is 44.1 Å². The molecule has 0 aromatic heterocycles. The SMILES string of the molecule is CCCCC(OC(=O)CN(C)C)c1ccccc1C(=O)Oc1ccc(/C=C/C(=O)OC[C@@H]2OC(O)[C@@H](O)[C@H](O)[C@H]2O)cc1OC. The Kier molecular flexibility index (Phi) is 13.5. The fraction of sp³-hybridized carbons (Fsp3) is 0.469. The molecule has 2 unspecified atom stereocenters. The predicted octanol–water partition coefficient (Wildman–Crippen LogP) is 1.61. The first-order chi connectivity index (χ1) is 21.4. The Labute approximate surface area is 261 Å². The second-order valence-electron chi connectivity index (χ2n) is 10.7. The molecule has 1 aliphatic rings. The molecule has 0 amide bonds. The lowest BCUT2D eigenvalue weighted by Gasteiger charge is -2.37. The van der Waals surface area contributed by atoms with Gasteiger partial charge in [0.15, 0.2) is 17.8 Å². The van der Waals surface area contributed by atoms with Crippen LogP contribution in [0.2, 0.25) is 0 Å². The van der Waals surface area contributed by atoms with Gasteiger partial charge in [0.1, 0.15) is 37.1 Å². The van der Waals surface area contributed by atoms with Crippen molar-refractivity contribution >= 4 is 24.0 Å². The Morgan fingerprint density at radius 1 is 1.00 bits per heavy atom. The highest BCUT2D eigenvalue weighted by Gasteiger charge is 2.43. The van der Waals surface area contributed by atoms with E-state index >= 15 is 0 Å². The zero-order chi connectivity index (χ0) is 33.1. The Bertz CT molecular complexity index is 1330. The third-order valence-corrected chi connectivity index (χ3v) is 6.95. The van der Waals surface area contributed by atoms with Crippen LogP contribution in [0.25, 0.3) is 6.08 Å². The second-order valence-corrected chi connectivity index (χ2v) is 10.7. The van der Waals surface area contributed by atoms with Crippen LogP contribution < -0.4 is 9.47 Å². The molecule has 0 saturated carbocycles. The monoisotopic (exact) mass is 631 g/mol. The highest BCUT2D eigenvalue weighted by Crippen LogP contribution is 2.32. The minimum Gasteiger partial charge on any atom is -0.493 e. The number of carbonyl (C=O) groups excluding carboxylic acids is 3. The van der Waals surface area contributed by atoms with Crippen molar-refractivity contribution in [3.63, 3.8) is 0 Å². The number of aliphatic hydroxyl groups is 4. The molecule has 13 nitrogen and oxygen atoms in total. The van der Waals surface area contributed by atoms with Crippen LogP contribution in [-0.2, 0) is 23.8 Å². The van der Waals surface area contributed by atoms with Crippen LogP contribution in [-0.4, -0.2) is 108 Å². The molecule has 1 heterocycles. The minimum atomic E-state index is -1.75. The summed E-state index contributed by atoms with van der Waals surface area (Å²) in [6.45, 7) is 1.64. The van der Waals surface area contributed by atoms with Crippen LogP contribution in [0.4, 0.5) is 0 Å². The molecule has 0 radical (unpaired) electrons. The van der Waals surface area contributed by atoms with E-state index in [4.69, 9.17) is 23.7 Å². The molecule has 45 heavy (non-hydrogen) atoms. The van der Waals surface area contributed by atoms with E-state index < -0.39 is 61.3 Å². The molecule has 3 rings (SSSR count). The standard InChI is InChI=1S/C32H41NO12/c1-5-6-11-22(43-27(35)17-33(2)3)20-9-7-8-10-21(20)31(39)44-23-14-12-19(16-24(23)41-4)13-15-26(34)42-18-25-28(36)29(37)30(38)32(40)45-25/h7-10,12-16,22,25,28-30,32,36-38,40H,5-6,11,17-18H2,1-4H3/b15-13+/t22?,25-,28-,29+,30-,32?/m0/s1. The van der Waals surface area contributed by atoms with Gasteiger partial charge in [-0.05, 0) is 56.8 Å². The molecule has 1 saturated heterocycles. The molecule has 246 valence electrons. The van der Waals surface area contributed by atoms with Crippen molar-refractivity contribution in [2.75, 3.05) is 34.4 Å². The quantitative estimate of drug-likeness (QED) is 0.134. The lowest BCUT2D eigenvalue weighted by atomic mass is 9.98. The summed E-state index contributed by atoms with van der Waals surface area (Å²) in [7, 11) is 4.92. The Morgan fingerprint density at radius 2 is 1.73 bits per heavy atom. The molecule has 4 N–H and O–H groups in total. The summed E-state index contributed by atoms with van der Waals surface area (Å²) in [6, 6.07) is 11.4. The number of aliphatic hydroxyl groups excluding tert-OH is 4. The largest absolute Gasteiger partial charge is 0.493 e. The molecule has 13 heteroatoms. The number of hydrogen-bond donors (Lipinski definition) is 4. The van der Waals surface area contributed by atoms with E-state index in [0.717, 1.165) is 18.9 Å². The van der Waals surface area contributed by atoms with Crippen molar-refractivity contribution in [3.8, 4) is 11.5 Å². The number of methoxy groups -OCH3 is 1. The number of rotatable bonds is 14. The van der Waals surface area contributed by atoms with E-state index in [-0.39, 0.29) is 23.6 Å². The molecular formula is C32H41NO12. The number of hydrogen-bond acceptors (Lipinski definition) is 13. The summed E-state index contributed by atoms with van der Waals surface area (Å²) in [4.78, 5) is 39.8. The third-order valence-electron chi connectivity index (χ3n) is 6.95. The number of ether oxygens (including phenoxy) is 5. The van der Waals surface area contributed by atoms with Gasteiger partial charge in [-0.25, -0.2) is 9.59 Å². The number of benzene rings is 2. The molecular weight excluding hydrogens is 590 g/mol. The molecule has 6 atom stereocenters. The van der Waals surface area contributed by atoms with E-state index in [2.05, 4.69) is 0 Å². The summed E-state index contributed by atoms with van der Waals surface area (Å²) in [6.07, 6.45) is -3.86. The molecule has 0 aliphatic carbocycles. The molecule has 2 aromatic rings. The molecule has 0 bridgehead atoms. The third kappa shape index (κ3) is 10.1. The summed E-state index contributed by atoms with van der Waals surface area (Å²) < 4.78 is 26.9. The van der Waals surface area contributed by atoms with Gasteiger partial charge >= 0.3 is 17.9 Å². The van der Waals surface area contributed by atoms with Crippen LogP contribution in [0.3, 0.4) is 0 Å². The lowest BCUT2D eigenvalue weighted by Crippen LogP contribution is -2.58. The Morgan fingerprint density at radius 3 is 2.42 bits per heavy atom. The molecule has 1 aliphatic heterocycles. The number of carbonyl (C=O) groups is 3. The number of nitrogens with zero attached hydrogens (tertiary/aromatic N) is 1. The van der Waals surface area contributed by atoms with Gasteiger partial charge in [0.2, 0.25) is 0 Å². The maximum Gasteiger partial charge on any atom is 0.344 e. The zero-order valence-corrected chi connectivity index (χ0v) is 25.7. The predicted molar refractivity (Wildman–Crippen MR) is 160 cm³/mol. The van der Waals surface area contributed by atoms with E-state index in [9.17, 15) is 34.8 Å². The normalized spacial score (nSPS) is 22.2. The highest BCUT2D eigenvalue weighted by molar-refractivity contribution is 5.93. The zero-order valence-electron chi connectivity index (χ0n) is 25.7. The van der Waals surface area contributed by atoms with E-state index in [1.807, 2.05) is 6.92 Å². The van der Waals surface area contributed by atoms with E-state index in [1.54, 1.807) is 49.3 Å². The first-order valence-corrected chi connectivity index (χ1v) is 14.5. The van der Waals surface area contributed by atoms with Crippen molar-refractivity contribution in [3.05, 3.63) is 65.2 Å². The maximum atomic E-state index is 13.4. The lowest BCUT2D eigenvalue weighted by molar-refractivity contribution is -0.287. The van der Waals surface area contributed by atoms with Gasteiger partial charge in [-0.2, -0.15) is 0 Å². The van der Waals surface area contributed by atoms with Gasteiger partial charge in [-0.15, -0.1) is 0 Å². The van der Waals surface area contributed by atoms with E-state index in [1.165, 1.54) is 25.3 Å². The maximum absolute atomic E-state index is 13.4. The average Bonchev–Trinajstić information content (AvgIpc) is 3.02. The molecule has 1 fully saturated rings. The van der Waals surface area contributed by atoms with Crippen LogP contribution in [0.1, 0.15) is 53.8 Å². The van der Waals surface area contributed by atoms with Crippen LogP contribution in [0.5, 0.6) is 11.5 Å². The highest BCUT2D eigenvalue weighted by atomic mass is 16.7. The van der Waals surface area contributed by atoms with Crippen LogP contribution in [0, 0.1) is 0 Å². The topological polar surface area (TPSA) is 182 Å². The number of unbranched alkanes of at least 4 members (excludes halogenated alkanes) is 1. The van der Waals surface area contributed by atoms with Gasteiger partial charge in [-0.3, -0.25) is 9.69 Å². The summed E-state index contributed by atoms with van der Waals surface area (Å²) >= 11 is 0. The Hall–Kier alpha value is -3.85. The van der Waals surface area contributed by atoms with Crippen molar-refractivity contribution in [2.24, 2.45) is 0 Å². The summed E-state index contributed by atoms with van der Waals surface area (Å²) in [5, 5.41) is 38.9. The number of esters is 3. The smallest absolute Gasteiger partial charge is 0.344 e. The van der Waals surface area contributed by atoms with Crippen LogP contribution >= 0.6 is 0 Å². The fourth-order valence-electron chi connectivity index (χ4n) is 4.56. The number of likely N-dealkylation sites (N-methyl/N-ethyl adjacent to an activating group) is 1. The van der Waals surface area contributed by atoms with Crippen molar-refractivity contribution < 1.29 is 58.5 Å². The molecule has 0 spiro atoms. The second kappa shape index (κ2) is 17.0. The summed E-state index contributed by atoms with van der Waals surface area (Å²) in [5.41, 5.74) is 1.28. The molecule has 2 aromatic carbocycles.